The zero-order valence-electron chi connectivity index (χ0n) is 12.2. The average Bonchev–Trinajstić information content (AvgIpc) is 2.53. The largest absolute Gasteiger partial charge is 0.383 e. The minimum atomic E-state index is -1.03. The number of aliphatic hydroxyl groups is 1. The standard InChI is InChI=1S/C16H21N3O2/c1-11(13-4-2-12(10-17)3-5-13)19-8-6-14(7-9-19)15(20)16(18)21/h2-5,11,14-15,20H,6-9H2,1H3,(H2,18,21)/t11-,15-/m0/s1. The molecule has 112 valence electrons. The van der Waals surface area contributed by atoms with Crippen LogP contribution >= 0.6 is 0 Å². The predicted octanol–water partition coefficient (Wildman–Crippen LogP) is 1.18. The molecule has 0 aliphatic carbocycles. The Kier molecular flexibility index (Phi) is 4.94. The van der Waals surface area contributed by atoms with Gasteiger partial charge < -0.3 is 10.8 Å². The van der Waals surface area contributed by atoms with E-state index in [0.717, 1.165) is 25.9 Å². The Bertz CT molecular complexity index is 527. The monoisotopic (exact) mass is 287 g/mol. The van der Waals surface area contributed by atoms with Crippen LogP contribution < -0.4 is 5.73 Å². The van der Waals surface area contributed by atoms with Gasteiger partial charge in [0.15, 0.2) is 0 Å². The second-order valence-electron chi connectivity index (χ2n) is 5.63. The average molecular weight is 287 g/mol. The lowest BCUT2D eigenvalue weighted by molar-refractivity contribution is -0.129. The Labute approximate surface area is 125 Å². The molecule has 1 amide bonds. The predicted molar refractivity (Wildman–Crippen MR) is 79.1 cm³/mol. The SMILES string of the molecule is C[C@@H](c1ccc(C#N)cc1)N1CCC([C@H](O)C(N)=O)CC1. The molecule has 2 rings (SSSR count). The number of carbonyl (C=O) groups is 1. The third-order valence-corrected chi connectivity index (χ3v) is 4.38. The Hall–Kier alpha value is -1.90. The highest BCUT2D eigenvalue weighted by molar-refractivity contribution is 5.78. The molecule has 1 aromatic rings. The molecule has 0 spiro atoms. The molecular formula is C16H21N3O2. The molecule has 1 aliphatic rings. The van der Waals surface area contributed by atoms with Crippen molar-refractivity contribution in [3.8, 4) is 6.07 Å². The van der Waals surface area contributed by atoms with E-state index in [1.54, 1.807) is 0 Å². The van der Waals surface area contributed by atoms with Gasteiger partial charge in [0.25, 0.3) is 0 Å². The van der Waals surface area contributed by atoms with Crippen LogP contribution in [-0.4, -0.2) is 35.1 Å². The number of nitrogens with zero attached hydrogens (tertiary/aromatic N) is 2. The minimum Gasteiger partial charge on any atom is -0.383 e. The van der Waals surface area contributed by atoms with Gasteiger partial charge in [0.2, 0.25) is 5.91 Å². The summed E-state index contributed by atoms with van der Waals surface area (Å²) in [6, 6.07) is 9.99. The number of benzene rings is 1. The fourth-order valence-corrected chi connectivity index (χ4v) is 2.90. The van der Waals surface area contributed by atoms with Crippen LogP contribution in [0, 0.1) is 17.2 Å². The van der Waals surface area contributed by atoms with Gasteiger partial charge in [-0.2, -0.15) is 5.26 Å². The maximum atomic E-state index is 11.0. The number of rotatable bonds is 4. The number of nitriles is 1. The summed E-state index contributed by atoms with van der Waals surface area (Å²) in [4.78, 5) is 13.4. The molecule has 1 aromatic carbocycles. The van der Waals surface area contributed by atoms with Crippen LogP contribution in [0.25, 0.3) is 0 Å². The second-order valence-corrected chi connectivity index (χ2v) is 5.63. The maximum Gasteiger partial charge on any atom is 0.246 e. The second kappa shape index (κ2) is 6.70. The zero-order chi connectivity index (χ0) is 15.4. The van der Waals surface area contributed by atoms with Crippen molar-refractivity contribution in [2.75, 3.05) is 13.1 Å². The van der Waals surface area contributed by atoms with Crippen molar-refractivity contribution < 1.29 is 9.90 Å². The van der Waals surface area contributed by atoms with E-state index in [-0.39, 0.29) is 12.0 Å². The summed E-state index contributed by atoms with van der Waals surface area (Å²) < 4.78 is 0. The van der Waals surface area contributed by atoms with Gasteiger partial charge in [-0.1, -0.05) is 12.1 Å². The molecule has 0 unspecified atom stereocenters. The van der Waals surface area contributed by atoms with Crippen molar-refractivity contribution in [2.45, 2.75) is 31.9 Å². The Balaban J connectivity index is 1.95. The molecular weight excluding hydrogens is 266 g/mol. The molecule has 1 aliphatic heterocycles. The first-order chi connectivity index (χ1) is 10.0. The first-order valence-electron chi connectivity index (χ1n) is 7.24. The van der Waals surface area contributed by atoms with Crippen molar-refractivity contribution in [1.29, 1.82) is 5.26 Å². The van der Waals surface area contributed by atoms with E-state index in [2.05, 4.69) is 17.9 Å². The van der Waals surface area contributed by atoms with E-state index in [1.807, 2.05) is 24.3 Å². The number of hydrogen-bond acceptors (Lipinski definition) is 4. The maximum absolute atomic E-state index is 11.0. The summed E-state index contributed by atoms with van der Waals surface area (Å²) in [7, 11) is 0. The molecule has 0 radical (unpaired) electrons. The molecule has 5 heteroatoms. The van der Waals surface area contributed by atoms with Crippen molar-refractivity contribution in [1.82, 2.24) is 4.90 Å². The van der Waals surface area contributed by atoms with Crippen LogP contribution in [0.5, 0.6) is 0 Å². The van der Waals surface area contributed by atoms with E-state index >= 15 is 0 Å². The molecule has 5 nitrogen and oxygen atoms in total. The highest BCUT2D eigenvalue weighted by Gasteiger charge is 2.30. The molecule has 0 saturated carbocycles. The fourth-order valence-electron chi connectivity index (χ4n) is 2.90. The summed E-state index contributed by atoms with van der Waals surface area (Å²) in [5.74, 6) is -0.666. The molecule has 1 heterocycles. The van der Waals surface area contributed by atoms with Crippen molar-refractivity contribution in [2.24, 2.45) is 11.7 Å². The number of likely N-dealkylation sites (tertiary alicyclic amines) is 1. The molecule has 21 heavy (non-hydrogen) atoms. The molecule has 0 bridgehead atoms. The summed E-state index contributed by atoms with van der Waals surface area (Å²) in [6.07, 6.45) is 0.507. The van der Waals surface area contributed by atoms with E-state index in [9.17, 15) is 9.90 Å². The molecule has 2 atom stereocenters. The summed E-state index contributed by atoms with van der Waals surface area (Å²) in [6.45, 7) is 3.79. The summed E-state index contributed by atoms with van der Waals surface area (Å²) >= 11 is 0. The van der Waals surface area contributed by atoms with Crippen molar-refractivity contribution in [3.63, 3.8) is 0 Å². The zero-order valence-corrected chi connectivity index (χ0v) is 12.2. The van der Waals surface area contributed by atoms with Gasteiger partial charge >= 0.3 is 0 Å². The number of nitrogens with two attached hydrogens (primary N) is 1. The van der Waals surface area contributed by atoms with Crippen LogP contribution in [0.1, 0.15) is 36.9 Å². The van der Waals surface area contributed by atoms with E-state index in [0.29, 0.717) is 5.56 Å². The van der Waals surface area contributed by atoms with Gasteiger partial charge in [-0.05, 0) is 56.5 Å². The number of aliphatic hydroxyl groups excluding tert-OH is 1. The quantitative estimate of drug-likeness (QED) is 0.870. The van der Waals surface area contributed by atoms with Crippen LogP contribution in [-0.2, 0) is 4.79 Å². The van der Waals surface area contributed by atoms with E-state index < -0.39 is 12.0 Å². The molecule has 0 aromatic heterocycles. The van der Waals surface area contributed by atoms with Crippen LogP contribution in [0.2, 0.25) is 0 Å². The van der Waals surface area contributed by atoms with Crippen LogP contribution in [0.4, 0.5) is 0 Å². The normalized spacial score (nSPS) is 19.7. The first kappa shape index (κ1) is 15.5. The van der Waals surface area contributed by atoms with Gasteiger partial charge in [-0.3, -0.25) is 9.69 Å². The smallest absolute Gasteiger partial charge is 0.246 e. The highest BCUT2D eigenvalue weighted by atomic mass is 16.3. The van der Waals surface area contributed by atoms with Crippen molar-refractivity contribution in [3.05, 3.63) is 35.4 Å². The molecule has 3 N–H and O–H groups in total. The number of carbonyl (C=O) groups excluding carboxylic acids is 1. The molecule has 1 saturated heterocycles. The van der Waals surface area contributed by atoms with Gasteiger partial charge in [0, 0.05) is 6.04 Å². The molecule has 1 fully saturated rings. The van der Waals surface area contributed by atoms with Gasteiger partial charge in [0.05, 0.1) is 11.6 Å². The number of piperidine rings is 1. The fraction of sp³-hybridized carbons (Fsp3) is 0.500. The Morgan fingerprint density at radius 2 is 1.95 bits per heavy atom. The van der Waals surface area contributed by atoms with E-state index in [4.69, 9.17) is 11.0 Å². The van der Waals surface area contributed by atoms with Gasteiger partial charge in [-0.15, -0.1) is 0 Å². The third kappa shape index (κ3) is 3.60. The van der Waals surface area contributed by atoms with E-state index in [1.165, 1.54) is 5.56 Å². The lowest BCUT2D eigenvalue weighted by Gasteiger charge is -2.37. The number of amides is 1. The highest BCUT2D eigenvalue weighted by Crippen LogP contribution is 2.28. The Morgan fingerprint density at radius 3 is 2.43 bits per heavy atom. The Morgan fingerprint density at radius 1 is 1.38 bits per heavy atom. The van der Waals surface area contributed by atoms with Gasteiger partial charge in [-0.25, -0.2) is 0 Å². The first-order valence-corrected chi connectivity index (χ1v) is 7.24. The lowest BCUT2D eigenvalue weighted by Crippen LogP contribution is -2.43. The summed E-state index contributed by atoms with van der Waals surface area (Å²) in [5.41, 5.74) is 6.98. The third-order valence-electron chi connectivity index (χ3n) is 4.38. The van der Waals surface area contributed by atoms with Gasteiger partial charge in [0.1, 0.15) is 6.10 Å². The van der Waals surface area contributed by atoms with Crippen molar-refractivity contribution >= 4 is 5.91 Å². The summed E-state index contributed by atoms with van der Waals surface area (Å²) in [5, 5.41) is 18.5. The minimum absolute atomic E-state index is 0.0353. The number of primary amides is 1. The van der Waals surface area contributed by atoms with Crippen LogP contribution in [0.15, 0.2) is 24.3 Å². The topological polar surface area (TPSA) is 90.3 Å². The lowest BCUT2D eigenvalue weighted by atomic mass is 9.89. The van der Waals surface area contributed by atoms with Crippen LogP contribution in [0.3, 0.4) is 0 Å². The number of hydrogen-bond donors (Lipinski definition) is 2.